The van der Waals surface area contributed by atoms with Gasteiger partial charge < -0.3 is 9.15 Å². The minimum atomic E-state index is -0.0220. The molecule has 0 aromatic carbocycles. The van der Waals surface area contributed by atoms with E-state index in [0.29, 0.717) is 12.5 Å². The van der Waals surface area contributed by atoms with Crippen LogP contribution in [0.1, 0.15) is 18.4 Å². The predicted molar refractivity (Wildman–Crippen MR) is 77.6 cm³/mol. The molecule has 0 spiro atoms. The summed E-state index contributed by atoms with van der Waals surface area (Å²) >= 11 is 0. The van der Waals surface area contributed by atoms with Crippen LogP contribution in [0.5, 0.6) is 0 Å². The molecule has 3 saturated heterocycles. The Morgan fingerprint density at radius 1 is 1.32 bits per heavy atom. The normalized spacial score (nSPS) is 32.4. The summed E-state index contributed by atoms with van der Waals surface area (Å²) < 4.78 is 11.0. The third kappa shape index (κ3) is 2.66. The maximum Gasteiger partial charge on any atom is 0.250 e. The maximum absolute atomic E-state index is 12.8. The largest absolute Gasteiger partial charge is 0.472 e. The summed E-state index contributed by atoms with van der Waals surface area (Å²) in [5, 5.41) is 1.57. The molecule has 0 saturated carbocycles. The molecule has 6 nitrogen and oxygen atoms in total. The SMILES string of the molecule is O=C([C@@H]1CN(Cc2ccoc2)C[C@@H]2OCC[C@@H]21)N1CCCO1. The number of carbonyl (C=O) groups excluding carboxylic acids is 1. The van der Waals surface area contributed by atoms with Crippen LogP contribution in [0.25, 0.3) is 0 Å². The van der Waals surface area contributed by atoms with Gasteiger partial charge in [-0.25, -0.2) is 5.06 Å². The smallest absolute Gasteiger partial charge is 0.250 e. The number of nitrogens with zero attached hydrogens (tertiary/aromatic N) is 2. The molecule has 3 fully saturated rings. The lowest BCUT2D eigenvalue weighted by Gasteiger charge is -2.40. The van der Waals surface area contributed by atoms with E-state index in [1.54, 1.807) is 17.6 Å². The number of carbonyl (C=O) groups is 1. The highest BCUT2D eigenvalue weighted by Gasteiger charge is 2.45. The van der Waals surface area contributed by atoms with Gasteiger partial charge in [0.25, 0.3) is 5.91 Å². The van der Waals surface area contributed by atoms with Gasteiger partial charge in [-0.2, -0.15) is 0 Å². The van der Waals surface area contributed by atoms with E-state index in [9.17, 15) is 4.79 Å². The molecule has 120 valence electrons. The monoisotopic (exact) mass is 306 g/mol. The van der Waals surface area contributed by atoms with Crippen molar-refractivity contribution in [3.05, 3.63) is 24.2 Å². The number of likely N-dealkylation sites (tertiary alicyclic amines) is 1. The molecule has 0 N–H and O–H groups in total. The zero-order valence-electron chi connectivity index (χ0n) is 12.6. The van der Waals surface area contributed by atoms with Gasteiger partial charge in [0.15, 0.2) is 0 Å². The summed E-state index contributed by atoms with van der Waals surface area (Å²) in [6, 6.07) is 1.97. The first-order valence-corrected chi connectivity index (χ1v) is 8.10. The molecule has 0 bridgehead atoms. The Hall–Kier alpha value is -1.37. The molecule has 3 aliphatic heterocycles. The summed E-state index contributed by atoms with van der Waals surface area (Å²) in [6.45, 7) is 4.60. The lowest BCUT2D eigenvalue weighted by atomic mass is 9.82. The lowest BCUT2D eigenvalue weighted by Crippen LogP contribution is -2.52. The fourth-order valence-electron chi connectivity index (χ4n) is 3.89. The van der Waals surface area contributed by atoms with Crippen LogP contribution in [0, 0.1) is 11.8 Å². The van der Waals surface area contributed by atoms with Crippen LogP contribution in [0.2, 0.25) is 0 Å². The highest BCUT2D eigenvalue weighted by atomic mass is 16.7. The highest BCUT2D eigenvalue weighted by molar-refractivity contribution is 5.79. The zero-order chi connectivity index (χ0) is 14.9. The van der Waals surface area contributed by atoms with E-state index in [0.717, 1.165) is 51.2 Å². The summed E-state index contributed by atoms with van der Waals surface area (Å²) in [4.78, 5) is 20.6. The van der Waals surface area contributed by atoms with E-state index in [2.05, 4.69) is 4.90 Å². The second-order valence-electron chi connectivity index (χ2n) is 6.42. The quantitative estimate of drug-likeness (QED) is 0.842. The minimum absolute atomic E-state index is 0.0220. The molecule has 4 heterocycles. The van der Waals surface area contributed by atoms with Crippen molar-refractivity contribution in [1.82, 2.24) is 9.96 Å². The third-order valence-corrected chi connectivity index (χ3v) is 4.97. The lowest BCUT2D eigenvalue weighted by molar-refractivity contribution is -0.179. The number of hydrogen-bond acceptors (Lipinski definition) is 5. The Morgan fingerprint density at radius 2 is 2.27 bits per heavy atom. The summed E-state index contributed by atoms with van der Waals surface area (Å²) in [7, 11) is 0. The Kier molecular flexibility index (Phi) is 3.90. The first kappa shape index (κ1) is 14.2. The van der Waals surface area contributed by atoms with E-state index in [1.165, 1.54) is 0 Å². The third-order valence-electron chi connectivity index (χ3n) is 4.97. The second-order valence-corrected chi connectivity index (χ2v) is 6.42. The molecule has 4 rings (SSSR count). The van der Waals surface area contributed by atoms with Crippen LogP contribution in [0.3, 0.4) is 0 Å². The van der Waals surface area contributed by atoms with E-state index >= 15 is 0 Å². The Bertz CT molecular complexity index is 512. The van der Waals surface area contributed by atoms with Crippen LogP contribution in [-0.4, -0.2) is 54.8 Å². The second kappa shape index (κ2) is 6.02. The molecular weight excluding hydrogens is 284 g/mol. The number of hydrogen-bond donors (Lipinski definition) is 0. The number of piperidine rings is 1. The van der Waals surface area contributed by atoms with Crippen LogP contribution < -0.4 is 0 Å². The molecule has 3 aliphatic rings. The van der Waals surface area contributed by atoms with Crippen molar-refractivity contribution >= 4 is 5.91 Å². The Balaban J connectivity index is 1.49. The van der Waals surface area contributed by atoms with Gasteiger partial charge in [0.1, 0.15) is 0 Å². The van der Waals surface area contributed by atoms with Gasteiger partial charge in [-0.1, -0.05) is 0 Å². The fraction of sp³-hybridized carbons (Fsp3) is 0.688. The standard InChI is InChI=1S/C16H22N2O4/c19-16(18-4-1-5-22-18)14-9-17(8-12-2-6-20-11-12)10-15-13(14)3-7-21-15/h2,6,11,13-15H,1,3-5,7-10H2/t13-,14-,15+/m1/s1. The average Bonchev–Trinajstić information content (AvgIpc) is 3.27. The molecule has 0 aliphatic carbocycles. The van der Waals surface area contributed by atoms with Crippen LogP contribution >= 0.6 is 0 Å². The minimum Gasteiger partial charge on any atom is -0.472 e. The van der Waals surface area contributed by atoms with Gasteiger partial charge in [0.05, 0.1) is 37.7 Å². The van der Waals surface area contributed by atoms with Gasteiger partial charge in [0, 0.05) is 37.7 Å². The molecule has 1 aromatic rings. The summed E-state index contributed by atoms with van der Waals surface area (Å²) in [6.07, 6.45) is 5.53. The Morgan fingerprint density at radius 3 is 3.05 bits per heavy atom. The molecule has 1 aromatic heterocycles. The molecule has 0 unspecified atom stereocenters. The van der Waals surface area contributed by atoms with Gasteiger partial charge in [-0.3, -0.25) is 14.5 Å². The number of fused-ring (bicyclic) bond motifs is 1. The molecule has 0 radical (unpaired) electrons. The topological polar surface area (TPSA) is 55.2 Å². The van der Waals surface area contributed by atoms with Gasteiger partial charge >= 0.3 is 0 Å². The number of rotatable bonds is 3. The van der Waals surface area contributed by atoms with Crippen LogP contribution in [0.15, 0.2) is 23.0 Å². The number of amides is 1. The van der Waals surface area contributed by atoms with Crippen molar-refractivity contribution in [3.8, 4) is 0 Å². The van der Waals surface area contributed by atoms with Crippen molar-refractivity contribution in [3.63, 3.8) is 0 Å². The summed E-state index contributed by atoms with van der Waals surface area (Å²) in [5.41, 5.74) is 1.14. The molecular formula is C16H22N2O4. The van der Waals surface area contributed by atoms with Crippen LogP contribution in [-0.2, 0) is 20.9 Å². The van der Waals surface area contributed by atoms with Crippen molar-refractivity contribution in [1.29, 1.82) is 0 Å². The number of ether oxygens (including phenoxy) is 1. The molecule has 6 heteroatoms. The first-order valence-electron chi connectivity index (χ1n) is 8.10. The molecule has 1 amide bonds. The fourth-order valence-corrected chi connectivity index (χ4v) is 3.89. The number of hydroxylamine groups is 2. The first-order chi connectivity index (χ1) is 10.8. The van der Waals surface area contributed by atoms with E-state index in [4.69, 9.17) is 14.0 Å². The van der Waals surface area contributed by atoms with Crippen molar-refractivity contribution in [2.45, 2.75) is 25.5 Å². The van der Waals surface area contributed by atoms with Gasteiger partial charge in [0.2, 0.25) is 0 Å². The highest BCUT2D eigenvalue weighted by Crippen LogP contribution is 2.35. The summed E-state index contributed by atoms with van der Waals surface area (Å²) in [5.74, 6) is 0.443. The van der Waals surface area contributed by atoms with Crippen molar-refractivity contribution in [2.24, 2.45) is 11.8 Å². The Labute approximate surface area is 129 Å². The molecule has 3 atom stereocenters. The van der Waals surface area contributed by atoms with Gasteiger partial charge in [-0.15, -0.1) is 0 Å². The zero-order valence-corrected chi connectivity index (χ0v) is 12.6. The van der Waals surface area contributed by atoms with Crippen molar-refractivity contribution in [2.75, 3.05) is 32.8 Å². The number of furan rings is 1. The van der Waals surface area contributed by atoms with E-state index in [1.807, 2.05) is 6.07 Å². The maximum atomic E-state index is 12.8. The van der Waals surface area contributed by atoms with Gasteiger partial charge in [-0.05, 0) is 18.9 Å². The average molecular weight is 306 g/mol. The van der Waals surface area contributed by atoms with Crippen LogP contribution in [0.4, 0.5) is 0 Å². The van der Waals surface area contributed by atoms with E-state index in [-0.39, 0.29) is 17.9 Å². The molecule has 22 heavy (non-hydrogen) atoms. The van der Waals surface area contributed by atoms with E-state index < -0.39 is 0 Å². The van der Waals surface area contributed by atoms with Crippen molar-refractivity contribution < 1.29 is 18.8 Å². The predicted octanol–water partition coefficient (Wildman–Crippen LogP) is 1.28.